The van der Waals surface area contributed by atoms with Crippen molar-refractivity contribution in [2.24, 2.45) is 5.10 Å². The van der Waals surface area contributed by atoms with Crippen LogP contribution in [0.1, 0.15) is 22.8 Å². The van der Waals surface area contributed by atoms with E-state index in [0.717, 1.165) is 0 Å². The number of hydrogen-bond donors (Lipinski definition) is 2. The fourth-order valence-corrected chi connectivity index (χ4v) is 3.99. The van der Waals surface area contributed by atoms with Gasteiger partial charge in [-0.3, -0.25) is 4.79 Å². The molecule has 0 spiro atoms. The topological polar surface area (TPSA) is 74.6 Å². The molecule has 1 amide bonds. The zero-order valence-corrected chi connectivity index (χ0v) is 19.0. The average Bonchev–Trinajstić information content (AvgIpc) is 2.79. The van der Waals surface area contributed by atoms with Crippen molar-refractivity contribution in [3.05, 3.63) is 92.9 Å². The minimum atomic E-state index is -0.441. The summed E-state index contributed by atoms with van der Waals surface area (Å²) in [6.07, 6.45) is 0. The van der Waals surface area contributed by atoms with Crippen LogP contribution in [0.4, 0.5) is 0 Å². The standard InChI is InChI=1S/C24H16Cl3N3O2/c1-13(17-10-14(25)11-20(27)23(17)31)29-30-24(32)18-12-22(16-7-2-4-8-19(16)26)28-21-9-5-3-6-15(18)21/h2-12,31H,1H3,(H,30,32)/b29-13-. The zero-order chi connectivity index (χ0) is 22.8. The van der Waals surface area contributed by atoms with E-state index in [1.54, 1.807) is 19.1 Å². The number of fused-ring (bicyclic) bond motifs is 1. The van der Waals surface area contributed by atoms with Gasteiger partial charge in [-0.05, 0) is 37.3 Å². The SMILES string of the molecule is C/C(=N/NC(=O)c1cc(-c2ccccc2Cl)nc2ccccc12)c1cc(Cl)cc(Cl)c1O. The molecule has 5 nitrogen and oxygen atoms in total. The second kappa shape index (κ2) is 9.17. The highest BCUT2D eigenvalue weighted by molar-refractivity contribution is 6.36. The summed E-state index contributed by atoms with van der Waals surface area (Å²) in [5, 5.41) is 16.0. The first-order chi connectivity index (χ1) is 15.3. The van der Waals surface area contributed by atoms with Gasteiger partial charge in [-0.2, -0.15) is 5.10 Å². The van der Waals surface area contributed by atoms with E-state index >= 15 is 0 Å². The minimum Gasteiger partial charge on any atom is -0.506 e. The van der Waals surface area contributed by atoms with E-state index in [9.17, 15) is 9.90 Å². The van der Waals surface area contributed by atoms with Gasteiger partial charge in [-0.15, -0.1) is 0 Å². The van der Waals surface area contributed by atoms with Crippen LogP contribution in [0.5, 0.6) is 5.75 Å². The fraction of sp³-hybridized carbons (Fsp3) is 0.0417. The van der Waals surface area contributed by atoms with Crippen LogP contribution in [0.3, 0.4) is 0 Å². The van der Waals surface area contributed by atoms with E-state index in [2.05, 4.69) is 15.5 Å². The summed E-state index contributed by atoms with van der Waals surface area (Å²) in [5.41, 5.74) is 5.51. The van der Waals surface area contributed by atoms with E-state index in [0.29, 0.717) is 49.0 Å². The molecule has 1 heterocycles. The van der Waals surface area contributed by atoms with Gasteiger partial charge in [-0.1, -0.05) is 71.2 Å². The molecule has 0 saturated heterocycles. The Labute approximate surface area is 199 Å². The van der Waals surface area contributed by atoms with Gasteiger partial charge in [0.1, 0.15) is 5.75 Å². The van der Waals surface area contributed by atoms with Crippen LogP contribution in [0.2, 0.25) is 15.1 Å². The first kappa shape index (κ1) is 22.1. The largest absolute Gasteiger partial charge is 0.506 e. The predicted molar refractivity (Wildman–Crippen MR) is 130 cm³/mol. The summed E-state index contributed by atoms with van der Waals surface area (Å²) in [7, 11) is 0. The van der Waals surface area contributed by atoms with E-state index < -0.39 is 5.91 Å². The molecule has 160 valence electrons. The Hall–Kier alpha value is -3.12. The number of phenolic OH excluding ortho intramolecular Hbond substituents is 1. The number of hydrogen-bond acceptors (Lipinski definition) is 4. The molecule has 0 aliphatic heterocycles. The van der Waals surface area contributed by atoms with Crippen LogP contribution >= 0.6 is 34.8 Å². The number of pyridine rings is 1. The molecule has 3 aromatic carbocycles. The Kier molecular flexibility index (Phi) is 6.33. The maximum Gasteiger partial charge on any atom is 0.272 e. The number of rotatable bonds is 4. The Bertz CT molecular complexity index is 1390. The molecule has 0 atom stereocenters. The lowest BCUT2D eigenvalue weighted by Gasteiger charge is -2.11. The van der Waals surface area contributed by atoms with Crippen LogP contribution in [-0.4, -0.2) is 21.7 Å². The number of para-hydroxylation sites is 1. The fourth-order valence-electron chi connectivity index (χ4n) is 3.27. The Morgan fingerprint density at radius 2 is 1.66 bits per heavy atom. The molecule has 0 saturated carbocycles. The van der Waals surface area contributed by atoms with Gasteiger partial charge in [-0.25, -0.2) is 10.4 Å². The van der Waals surface area contributed by atoms with Gasteiger partial charge in [0.25, 0.3) is 5.91 Å². The second-order valence-corrected chi connectivity index (χ2v) is 8.22. The third-order valence-corrected chi connectivity index (χ3v) is 5.69. The lowest BCUT2D eigenvalue weighted by molar-refractivity contribution is 0.0956. The first-order valence-electron chi connectivity index (χ1n) is 9.53. The van der Waals surface area contributed by atoms with Gasteiger partial charge < -0.3 is 5.11 Å². The van der Waals surface area contributed by atoms with Gasteiger partial charge >= 0.3 is 0 Å². The zero-order valence-electron chi connectivity index (χ0n) is 16.7. The quantitative estimate of drug-likeness (QED) is 0.249. The number of halogens is 3. The van der Waals surface area contributed by atoms with Crippen LogP contribution in [0.15, 0.2) is 71.8 Å². The average molecular weight is 485 g/mol. The summed E-state index contributed by atoms with van der Waals surface area (Å²) in [4.78, 5) is 17.7. The van der Waals surface area contributed by atoms with Crippen molar-refractivity contribution in [1.29, 1.82) is 0 Å². The number of nitrogens with zero attached hydrogens (tertiary/aromatic N) is 2. The lowest BCUT2D eigenvalue weighted by atomic mass is 10.0. The Balaban J connectivity index is 1.74. The summed E-state index contributed by atoms with van der Waals surface area (Å²) in [5.74, 6) is -0.606. The van der Waals surface area contributed by atoms with Crippen molar-refractivity contribution < 1.29 is 9.90 Å². The van der Waals surface area contributed by atoms with Crippen molar-refractivity contribution in [1.82, 2.24) is 10.4 Å². The third-order valence-electron chi connectivity index (χ3n) is 4.85. The molecule has 0 unspecified atom stereocenters. The third kappa shape index (κ3) is 4.41. The summed E-state index contributed by atoms with van der Waals surface area (Å²) in [6, 6.07) is 19.2. The van der Waals surface area contributed by atoms with Crippen molar-refractivity contribution in [3.63, 3.8) is 0 Å². The van der Waals surface area contributed by atoms with Crippen LogP contribution < -0.4 is 5.43 Å². The van der Waals surface area contributed by atoms with Crippen molar-refractivity contribution in [2.75, 3.05) is 0 Å². The number of benzene rings is 3. The molecule has 2 N–H and O–H groups in total. The molecule has 0 fully saturated rings. The highest BCUT2D eigenvalue weighted by atomic mass is 35.5. The van der Waals surface area contributed by atoms with Crippen molar-refractivity contribution in [3.8, 4) is 17.0 Å². The van der Waals surface area contributed by atoms with Crippen molar-refractivity contribution >= 4 is 57.3 Å². The minimum absolute atomic E-state index is 0.0953. The second-order valence-electron chi connectivity index (χ2n) is 6.97. The normalized spacial score (nSPS) is 11.6. The molecule has 32 heavy (non-hydrogen) atoms. The molecule has 0 bridgehead atoms. The van der Waals surface area contributed by atoms with Gasteiger partial charge in [0, 0.05) is 26.6 Å². The number of amides is 1. The van der Waals surface area contributed by atoms with Crippen LogP contribution in [-0.2, 0) is 0 Å². The van der Waals surface area contributed by atoms with Crippen molar-refractivity contribution in [2.45, 2.75) is 6.92 Å². The predicted octanol–water partition coefficient (Wildman–Crippen LogP) is 6.72. The molecule has 4 aromatic rings. The monoisotopic (exact) mass is 483 g/mol. The maximum atomic E-state index is 13.1. The van der Waals surface area contributed by atoms with Gasteiger partial charge in [0.15, 0.2) is 0 Å². The number of carbonyl (C=O) groups is 1. The molecular formula is C24H16Cl3N3O2. The highest BCUT2D eigenvalue weighted by Gasteiger charge is 2.16. The van der Waals surface area contributed by atoms with Gasteiger partial charge in [0.2, 0.25) is 0 Å². The molecule has 0 radical (unpaired) electrons. The summed E-state index contributed by atoms with van der Waals surface area (Å²) >= 11 is 18.3. The molecule has 8 heteroatoms. The number of aromatic hydroxyl groups is 1. The molecule has 4 rings (SSSR count). The number of aromatic nitrogens is 1. The Morgan fingerprint density at radius 3 is 2.44 bits per heavy atom. The van der Waals surface area contributed by atoms with Gasteiger partial charge in [0.05, 0.1) is 27.5 Å². The molecule has 0 aliphatic carbocycles. The molecular weight excluding hydrogens is 469 g/mol. The first-order valence-corrected chi connectivity index (χ1v) is 10.7. The van der Waals surface area contributed by atoms with E-state index in [4.69, 9.17) is 34.8 Å². The van der Waals surface area contributed by atoms with E-state index in [-0.39, 0.29) is 10.8 Å². The summed E-state index contributed by atoms with van der Waals surface area (Å²) < 4.78 is 0. The Morgan fingerprint density at radius 1 is 0.938 bits per heavy atom. The van der Waals surface area contributed by atoms with E-state index in [1.807, 2.05) is 42.5 Å². The van der Waals surface area contributed by atoms with Crippen LogP contribution in [0, 0.1) is 0 Å². The highest BCUT2D eigenvalue weighted by Crippen LogP contribution is 2.32. The molecule has 1 aromatic heterocycles. The molecule has 0 aliphatic rings. The van der Waals surface area contributed by atoms with E-state index in [1.165, 1.54) is 12.1 Å². The lowest BCUT2D eigenvalue weighted by Crippen LogP contribution is -2.20. The smallest absolute Gasteiger partial charge is 0.272 e. The number of carbonyl (C=O) groups excluding carboxylic acids is 1. The van der Waals surface area contributed by atoms with Crippen LogP contribution in [0.25, 0.3) is 22.2 Å². The summed E-state index contributed by atoms with van der Waals surface area (Å²) in [6.45, 7) is 1.63. The number of phenols is 1. The maximum absolute atomic E-state index is 13.1. The number of nitrogens with one attached hydrogen (secondary N) is 1. The number of hydrazone groups is 1.